The minimum absolute atomic E-state index is 0.617. The zero-order chi connectivity index (χ0) is 36.3. The fourth-order valence-electron chi connectivity index (χ4n) is 7.27. The molecule has 6 nitrogen and oxygen atoms in total. The molecule has 7 aromatic carbocycles. The zero-order valence-corrected chi connectivity index (χ0v) is 30.8. The standard InChI is InChI=1S/C47H28N6S2/c1-3-12-29(13-4-1)43-50-44(30-14-5-2-6-15-30)52-45(51-43)33-23-25-42-38(28-33)48-46(54-42)34-17-11-16-31(26-34)32-22-24-40-36(27-32)35-18-7-9-20-39(35)53(40)47-49-37-19-8-10-21-41(37)55-47/h1-28H. The average molecular weight is 741 g/mol. The van der Waals surface area contributed by atoms with Crippen molar-refractivity contribution >= 4 is 64.9 Å². The monoisotopic (exact) mass is 740 g/mol. The Morgan fingerprint density at radius 2 is 0.945 bits per heavy atom. The van der Waals surface area contributed by atoms with E-state index in [-0.39, 0.29) is 0 Å². The van der Waals surface area contributed by atoms with Crippen LogP contribution in [0.15, 0.2) is 170 Å². The summed E-state index contributed by atoms with van der Waals surface area (Å²) in [4.78, 5) is 24.9. The maximum absolute atomic E-state index is 5.15. The molecule has 258 valence electrons. The number of hydrogen-bond donors (Lipinski definition) is 0. The molecule has 0 saturated carbocycles. The van der Waals surface area contributed by atoms with Gasteiger partial charge in [0.15, 0.2) is 22.6 Å². The zero-order valence-electron chi connectivity index (χ0n) is 29.2. The van der Waals surface area contributed by atoms with Gasteiger partial charge in [0.2, 0.25) is 0 Å². The molecule has 0 radical (unpaired) electrons. The van der Waals surface area contributed by atoms with Crippen LogP contribution in [0.25, 0.3) is 103 Å². The van der Waals surface area contributed by atoms with Crippen LogP contribution in [0.5, 0.6) is 0 Å². The van der Waals surface area contributed by atoms with E-state index in [4.69, 9.17) is 24.9 Å². The molecule has 0 saturated heterocycles. The molecule has 0 amide bonds. The summed E-state index contributed by atoms with van der Waals surface area (Å²) in [6, 6.07) is 58.8. The van der Waals surface area contributed by atoms with Crippen LogP contribution in [0.2, 0.25) is 0 Å². The first kappa shape index (κ1) is 31.6. The Morgan fingerprint density at radius 1 is 0.345 bits per heavy atom. The van der Waals surface area contributed by atoms with Crippen LogP contribution in [0.3, 0.4) is 0 Å². The van der Waals surface area contributed by atoms with E-state index in [1.807, 2.05) is 66.7 Å². The van der Waals surface area contributed by atoms with E-state index in [2.05, 4.69) is 108 Å². The van der Waals surface area contributed by atoms with E-state index < -0.39 is 0 Å². The Labute approximate surface area is 323 Å². The van der Waals surface area contributed by atoms with Crippen molar-refractivity contribution in [1.82, 2.24) is 29.5 Å². The van der Waals surface area contributed by atoms with Crippen molar-refractivity contribution in [2.75, 3.05) is 0 Å². The van der Waals surface area contributed by atoms with Gasteiger partial charge in [0, 0.05) is 33.0 Å². The van der Waals surface area contributed by atoms with Gasteiger partial charge < -0.3 is 0 Å². The van der Waals surface area contributed by atoms with Crippen LogP contribution in [0, 0.1) is 0 Å². The lowest BCUT2D eigenvalue weighted by atomic mass is 10.0. The third-order valence-corrected chi connectivity index (χ3v) is 12.0. The summed E-state index contributed by atoms with van der Waals surface area (Å²) in [5, 5.41) is 4.36. The molecule has 8 heteroatoms. The first-order valence-corrected chi connectivity index (χ1v) is 19.6. The summed E-state index contributed by atoms with van der Waals surface area (Å²) < 4.78 is 4.59. The highest BCUT2D eigenvalue weighted by Crippen LogP contribution is 2.39. The fraction of sp³-hybridized carbons (Fsp3) is 0. The molecule has 0 aliphatic rings. The predicted molar refractivity (Wildman–Crippen MR) is 228 cm³/mol. The number of hydrogen-bond acceptors (Lipinski definition) is 7. The lowest BCUT2D eigenvalue weighted by Gasteiger charge is -2.08. The summed E-state index contributed by atoms with van der Waals surface area (Å²) in [7, 11) is 0. The van der Waals surface area contributed by atoms with Crippen molar-refractivity contribution in [3.8, 4) is 61.0 Å². The normalized spacial score (nSPS) is 11.6. The molecule has 0 aliphatic carbocycles. The van der Waals surface area contributed by atoms with Gasteiger partial charge in [-0.2, -0.15) is 0 Å². The van der Waals surface area contributed by atoms with E-state index in [1.165, 1.54) is 15.5 Å². The van der Waals surface area contributed by atoms with Crippen LogP contribution >= 0.6 is 22.7 Å². The van der Waals surface area contributed by atoms with Crippen molar-refractivity contribution < 1.29 is 0 Å². The van der Waals surface area contributed by atoms with Gasteiger partial charge in [0.1, 0.15) is 5.01 Å². The summed E-state index contributed by atoms with van der Waals surface area (Å²) in [6.45, 7) is 0. The van der Waals surface area contributed by atoms with Gasteiger partial charge in [-0.05, 0) is 65.7 Å². The van der Waals surface area contributed by atoms with Gasteiger partial charge >= 0.3 is 0 Å². The maximum atomic E-state index is 5.15. The van der Waals surface area contributed by atoms with E-state index in [0.717, 1.165) is 70.3 Å². The Kier molecular flexibility index (Phi) is 7.43. The summed E-state index contributed by atoms with van der Waals surface area (Å²) >= 11 is 3.41. The van der Waals surface area contributed by atoms with Crippen molar-refractivity contribution in [3.63, 3.8) is 0 Å². The summed E-state index contributed by atoms with van der Waals surface area (Å²) in [6.07, 6.45) is 0. The fourth-order valence-corrected chi connectivity index (χ4v) is 9.21. The van der Waals surface area contributed by atoms with Crippen LogP contribution < -0.4 is 0 Å². The number of rotatable bonds is 6. The molecule has 0 N–H and O–H groups in total. The molecular weight excluding hydrogens is 713 g/mol. The van der Waals surface area contributed by atoms with Crippen LogP contribution in [-0.4, -0.2) is 29.5 Å². The Balaban J connectivity index is 0.966. The van der Waals surface area contributed by atoms with Gasteiger partial charge in [-0.25, -0.2) is 24.9 Å². The lowest BCUT2D eigenvalue weighted by Crippen LogP contribution is -2.00. The molecule has 0 atom stereocenters. The first-order chi connectivity index (χ1) is 27.2. The second kappa shape index (κ2) is 12.9. The molecule has 0 fully saturated rings. The summed E-state index contributed by atoms with van der Waals surface area (Å²) in [5.41, 5.74) is 10.4. The number of para-hydroxylation sites is 2. The number of thiazole rings is 2. The van der Waals surface area contributed by atoms with E-state index in [0.29, 0.717) is 17.5 Å². The van der Waals surface area contributed by atoms with Crippen molar-refractivity contribution in [2.45, 2.75) is 0 Å². The van der Waals surface area contributed by atoms with Gasteiger partial charge in [0.05, 0.1) is 31.5 Å². The molecule has 0 aliphatic heterocycles. The molecule has 11 aromatic rings. The predicted octanol–water partition coefficient (Wildman–Crippen LogP) is 12.5. The quantitative estimate of drug-likeness (QED) is 0.170. The first-order valence-electron chi connectivity index (χ1n) is 18.0. The van der Waals surface area contributed by atoms with Crippen LogP contribution in [0.4, 0.5) is 0 Å². The third kappa shape index (κ3) is 5.58. The molecule has 4 aromatic heterocycles. The minimum atomic E-state index is 0.617. The van der Waals surface area contributed by atoms with Gasteiger partial charge in [-0.1, -0.05) is 127 Å². The van der Waals surface area contributed by atoms with Crippen molar-refractivity contribution in [3.05, 3.63) is 170 Å². The van der Waals surface area contributed by atoms with Crippen molar-refractivity contribution in [2.24, 2.45) is 0 Å². The molecule has 4 heterocycles. The van der Waals surface area contributed by atoms with E-state index >= 15 is 0 Å². The number of aromatic nitrogens is 6. The van der Waals surface area contributed by atoms with Gasteiger partial charge in [0.25, 0.3) is 0 Å². The highest BCUT2D eigenvalue weighted by Gasteiger charge is 2.18. The molecule has 0 bridgehead atoms. The molecule has 55 heavy (non-hydrogen) atoms. The van der Waals surface area contributed by atoms with Gasteiger partial charge in [-0.3, -0.25) is 4.57 Å². The largest absolute Gasteiger partial charge is 0.285 e. The van der Waals surface area contributed by atoms with Crippen LogP contribution in [-0.2, 0) is 0 Å². The average Bonchev–Trinajstić information content (AvgIpc) is 3.97. The molecule has 0 unspecified atom stereocenters. The smallest absolute Gasteiger partial charge is 0.195 e. The number of nitrogens with zero attached hydrogens (tertiary/aromatic N) is 6. The lowest BCUT2D eigenvalue weighted by molar-refractivity contribution is 1.07. The third-order valence-electron chi connectivity index (χ3n) is 9.93. The van der Waals surface area contributed by atoms with Gasteiger partial charge in [-0.15, -0.1) is 11.3 Å². The maximum Gasteiger partial charge on any atom is 0.195 e. The number of fused-ring (bicyclic) bond motifs is 5. The van der Waals surface area contributed by atoms with E-state index in [1.54, 1.807) is 22.7 Å². The topological polar surface area (TPSA) is 69.4 Å². The Bertz CT molecular complexity index is 3130. The van der Waals surface area contributed by atoms with E-state index in [9.17, 15) is 0 Å². The second-order valence-corrected chi connectivity index (χ2v) is 15.4. The molecular formula is C47H28N6S2. The number of benzene rings is 7. The Hall–Kier alpha value is -6.87. The van der Waals surface area contributed by atoms with Crippen LogP contribution in [0.1, 0.15) is 0 Å². The summed E-state index contributed by atoms with van der Waals surface area (Å²) in [5.74, 6) is 1.89. The highest BCUT2D eigenvalue weighted by atomic mass is 32.1. The second-order valence-electron chi connectivity index (χ2n) is 13.4. The molecule has 0 spiro atoms. The minimum Gasteiger partial charge on any atom is -0.285 e. The molecule has 11 rings (SSSR count). The Morgan fingerprint density at radius 3 is 1.73 bits per heavy atom. The highest BCUT2D eigenvalue weighted by molar-refractivity contribution is 7.21. The van der Waals surface area contributed by atoms with Crippen molar-refractivity contribution in [1.29, 1.82) is 0 Å². The SMILES string of the molecule is c1ccc(-c2nc(-c3ccccc3)nc(-c3ccc4sc(-c5cccc(-c6ccc7c(c6)c6ccccc6n7-c6nc7ccccc7s6)c5)nc4c3)n2)cc1.